The van der Waals surface area contributed by atoms with E-state index >= 15 is 0 Å². The van der Waals surface area contributed by atoms with E-state index < -0.39 is 66.3 Å². The van der Waals surface area contributed by atoms with Crippen LogP contribution in [-0.4, -0.2) is 204 Å². The Morgan fingerprint density at radius 3 is 1.18 bits per heavy atom. The Kier molecular flexibility index (Phi) is 33.7. The summed E-state index contributed by atoms with van der Waals surface area (Å²) in [5.41, 5.74) is 8.00. The van der Waals surface area contributed by atoms with Crippen molar-refractivity contribution in [1.82, 2.24) is 30.2 Å². The third-order valence-electron chi connectivity index (χ3n) is 19.1. The minimum atomic E-state index is -0.866. The number of carbonyl (C=O) groups excluding carboxylic acids is 8. The second-order valence-corrected chi connectivity index (χ2v) is 25.5. The van der Waals surface area contributed by atoms with Gasteiger partial charge >= 0.3 is 11.9 Å². The molecule has 508 valence electrons. The highest BCUT2D eigenvalue weighted by Gasteiger charge is 2.45. The number of hydrogen-bond acceptors (Lipinski definition) is 15. The van der Waals surface area contributed by atoms with Crippen molar-refractivity contribution >= 4 is 47.4 Å². The number of amides is 6. The lowest BCUT2D eigenvalue weighted by atomic mass is 9.88. The average Bonchev–Trinajstić information content (AvgIpc) is 2.28. The molecule has 2 aliphatic rings. The zero-order valence-electron chi connectivity index (χ0n) is 57.7. The normalized spacial score (nSPS) is 19.6. The summed E-state index contributed by atoms with van der Waals surface area (Å²) in [6.07, 6.45) is 3.00. The number of benzene rings is 2. The van der Waals surface area contributed by atoms with Crippen molar-refractivity contribution in [3.8, 4) is 0 Å². The van der Waals surface area contributed by atoms with Gasteiger partial charge in [-0.15, -0.1) is 0 Å². The first-order chi connectivity index (χ1) is 42.6. The van der Waals surface area contributed by atoms with Crippen molar-refractivity contribution in [1.29, 1.82) is 0 Å². The number of likely N-dealkylation sites (tertiary alicyclic amines) is 2. The predicted molar refractivity (Wildman–Crippen MR) is 347 cm³/mol. The molecule has 0 radical (unpaired) electrons. The monoisotopic (exact) mass is 1260 g/mol. The van der Waals surface area contributed by atoms with Crippen LogP contribution in [0, 0.1) is 41.4 Å². The van der Waals surface area contributed by atoms with Gasteiger partial charge in [0.2, 0.25) is 35.4 Å². The molecule has 4 rings (SSSR count). The van der Waals surface area contributed by atoms with Gasteiger partial charge in [0.1, 0.15) is 12.1 Å². The number of carbonyl (C=O) groups is 8. The topological polar surface area (TPSA) is 255 Å². The van der Waals surface area contributed by atoms with E-state index in [-0.39, 0.29) is 108 Å². The molecule has 90 heavy (non-hydrogen) atoms. The summed E-state index contributed by atoms with van der Waals surface area (Å²) in [6, 6.07) is 15.1. The summed E-state index contributed by atoms with van der Waals surface area (Å²) in [6.45, 7) is 22.7. The van der Waals surface area contributed by atoms with Gasteiger partial charge in [-0.2, -0.15) is 0 Å². The van der Waals surface area contributed by atoms with Gasteiger partial charge in [0.25, 0.3) is 0 Å². The molecule has 21 nitrogen and oxygen atoms in total. The van der Waals surface area contributed by atoms with Crippen LogP contribution in [-0.2, 0) is 79.6 Å². The molecule has 2 heterocycles. The quantitative estimate of drug-likeness (QED) is 0.0603. The van der Waals surface area contributed by atoms with E-state index in [2.05, 4.69) is 24.5 Å². The van der Waals surface area contributed by atoms with Gasteiger partial charge in [0.15, 0.2) is 0 Å². The molecule has 16 atom stereocenters. The van der Waals surface area contributed by atoms with Gasteiger partial charge in [-0.25, -0.2) is 9.59 Å². The highest BCUT2D eigenvalue weighted by molar-refractivity contribution is 5.88. The minimum absolute atomic E-state index is 0.0306. The molecule has 2 saturated heterocycles. The molecule has 21 heteroatoms. The number of esters is 2. The highest BCUT2D eigenvalue weighted by atomic mass is 16.5. The number of rotatable bonds is 34. The van der Waals surface area contributed by atoms with Gasteiger partial charge in [-0.3, -0.25) is 28.8 Å². The van der Waals surface area contributed by atoms with Crippen LogP contribution in [0.1, 0.15) is 139 Å². The molecular weight excluding hydrogens is 1150 g/mol. The van der Waals surface area contributed by atoms with Gasteiger partial charge < -0.3 is 64.4 Å². The minimum Gasteiger partial charge on any atom is -0.467 e. The summed E-state index contributed by atoms with van der Waals surface area (Å²) in [7, 11) is 12.4. The number of ether oxygens (including phenoxy) is 6. The maximum atomic E-state index is 13.9. The van der Waals surface area contributed by atoms with Crippen molar-refractivity contribution in [2.45, 2.75) is 207 Å². The van der Waals surface area contributed by atoms with E-state index in [0.29, 0.717) is 32.4 Å². The van der Waals surface area contributed by atoms with Crippen LogP contribution in [0.5, 0.6) is 0 Å². The van der Waals surface area contributed by atoms with Crippen LogP contribution in [0.25, 0.3) is 0 Å². The lowest BCUT2D eigenvalue weighted by Crippen LogP contribution is -2.56. The molecule has 0 saturated carbocycles. The number of nitrogens with one attached hydrogen (secondary N) is 2. The average molecular weight is 1260 g/mol. The molecule has 0 spiro atoms. The number of nitrogens with two attached hydrogens (primary N) is 1. The number of nitrogens with zero attached hydrogens (tertiary/aromatic N) is 4. The lowest BCUT2D eigenvalue weighted by Gasteiger charge is -2.40. The second-order valence-electron chi connectivity index (χ2n) is 25.5. The molecule has 2 fully saturated rings. The first-order valence-corrected chi connectivity index (χ1v) is 32.5. The van der Waals surface area contributed by atoms with Crippen molar-refractivity contribution in [3.63, 3.8) is 0 Å². The van der Waals surface area contributed by atoms with E-state index in [4.69, 9.17) is 34.2 Å². The second kappa shape index (κ2) is 38.8. The van der Waals surface area contributed by atoms with Gasteiger partial charge in [0, 0.05) is 74.4 Å². The largest absolute Gasteiger partial charge is 0.467 e. The van der Waals surface area contributed by atoms with Gasteiger partial charge in [0.05, 0.1) is 93.5 Å². The third kappa shape index (κ3) is 21.6. The van der Waals surface area contributed by atoms with Crippen molar-refractivity contribution in [2.24, 2.45) is 47.2 Å². The zero-order chi connectivity index (χ0) is 67.7. The Bertz CT molecular complexity index is 2370. The molecule has 0 unspecified atom stereocenters. The zero-order valence-corrected chi connectivity index (χ0v) is 57.7. The molecule has 6 amide bonds. The third-order valence-corrected chi connectivity index (χ3v) is 19.1. The van der Waals surface area contributed by atoms with Crippen LogP contribution < -0.4 is 16.4 Å². The number of likely N-dealkylation sites (N-methyl/N-ethyl adjacent to an activating group) is 2. The van der Waals surface area contributed by atoms with Crippen molar-refractivity contribution < 1.29 is 66.8 Å². The summed E-state index contributed by atoms with van der Waals surface area (Å²) < 4.78 is 33.5. The standard InChI is InChI=1S/C35H57N3O7.C34H56N4O7/c1-11-23(4)31(37(7)34(41)24(5)22(2)3)29(43-8)21-30(39)38-19-15-18-28(38)32(44-9)25(6)33(40)36-27(35(42)45-10)20-26-16-13-12-14-17-26;1-10-22(4)30(37(6)33(41)29(35)21(2)3)27(43-7)20-28(39)38-18-14-17-26(38)31(44-8)23(5)32(40)36-25(34(42)45-9)19-24-15-12-11-13-16-24/h12-14,16-17,22-25,27-29,31-32H,11,15,18-21H2,1-10H3,(H,36,40);11-13,15-16,21-23,25-27,29-31H,10,14,17-20,35H2,1-9H3,(H,36,40)/t23-,24-,25+,27-,28-,29+,31-,32+;22-,23+,25-,26-,27+,29-,30-,31+/m00/s1. The first-order valence-electron chi connectivity index (χ1n) is 32.5. The maximum absolute atomic E-state index is 13.9. The lowest BCUT2D eigenvalue weighted by molar-refractivity contribution is -0.149. The molecule has 2 aromatic carbocycles. The molecular formula is C69H113N7O14. The summed E-state index contributed by atoms with van der Waals surface area (Å²) in [4.78, 5) is 114. The van der Waals surface area contributed by atoms with Crippen LogP contribution in [0.15, 0.2) is 60.7 Å². The molecule has 0 bridgehead atoms. The van der Waals surface area contributed by atoms with E-state index in [1.807, 2.05) is 116 Å². The highest BCUT2D eigenvalue weighted by Crippen LogP contribution is 2.32. The van der Waals surface area contributed by atoms with E-state index in [9.17, 15) is 38.4 Å². The summed E-state index contributed by atoms with van der Waals surface area (Å²) >= 11 is 0. The van der Waals surface area contributed by atoms with Crippen LogP contribution in [0.3, 0.4) is 0 Å². The molecule has 4 N–H and O–H groups in total. The van der Waals surface area contributed by atoms with E-state index in [0.717, 1.165) is 36.8 Å². The van der Waals surface area contributed by atoms with E-state index in [1.165, 1.54) is 21.3 Å². The number of methoxy groups -OCH3 is 6. The summed E-state index contributed by atoms with van der Waals surface area (Å²) in [5.74, 6) is -3.27. The number of hydrogen-bond donors (Lipinski definition) is 3. The Labute approximate surface area is 538 Å². The SMILES string of the molecule is CC[C@H](C)[C@@H]([C@@H](CC(=O)N1CCC[C@H]1[C@H](OC)[C@@H](C)C(=O)N[C@@H](Cc1ccccc1)C(=O)OC)OC)N(C)C(=O)[C@@H](C)C(C)C.CC[C@H](C)[C@@H]([C@@H](CC(=O)N1CCC[C@H]1[C@H](OC)[C@@H](C)C(=O)N[C@@H](Cc1ccccc1)C(=O)OC)OC)N(C)C(=O)[C@@H](N)C(C)C. The Hall–Kier alpha value is -6.00. The van der Waals surface area contributed by atoms with Crippen molar-refractivity contribution in [3.05, 3.63) is 71.8 Å². The molecule has 2 aromatic rings. The Balaban J connectivity index is 0.000000470. The molecule has 0 aliphatic carbocycles. The van der Waals surface area contributed by atoms with Crippen LogP contribution >= 0.6 is 0 Å². The first kappa shape index (κ1) is 78.2. The van der Waals surface area contributed by atoms with Gasteiger partial charge in [-0.05, 0) is 60.5 Å². The smallest absolute Gasteiger partial charge is 0.328 e. The van der Waals surface area contributed by atoms with Crippen molar-refractivity contribution in [2.75, 3.05) is 69.8 Å². The fourth-order valence-electron chi connectivity index (χ4n) is 12.7. The Morgan fingerprint density at radius 1 is 0.522 bits per heavy atom. The molecule has 2 aliphatic heterocycles. The fourth-order valence-corrected chi connectivity index (χ4v) is 12.7. The Morgan fingerprint density at radius 2 is 0.878 bits per heavy atom. The molecule has 0 aromatic heterocycles. The van der Waals surface area contributed by atoms with Gasteiger partial charge in [-0.1, -0.05) is 150 Å². The maximum Gasteiger partial charge on any atom is 0.328 e. The van der Waals surface area contributed by atoms with Crippen LogP contribution in [0.2, 0.25) is 0 Å². The fraction of sp³-hybridized carbons (Fsp3) is 0.710. The predicted octanol–water partition coefficient (Wildman–Crippen LogP) is 6.89. The van der Waals surface area contributed by atoms with E-state index in [1.54, 1.807) is 61.8 Å². The van der Waals surface area contributed by atoms with Crippen LogP contribution in [0.4, 0.5) is 0 Å². The summed E-state index contributed by atoms with van der Waals surface area (Å²) in [5, 5.41) is 5.71.